The zero-order valence-corrected chi connectivity index (χ0v) is 16.2. The molecule has 2 aromatic rings. The van der Waals surface area contributed by atoms with Gasteiger partial charge in [-0.15, -0.1) is 0 Å². The Morgan fingerprint density at radius 2 is 1.63 bits per heavy atom. The highest BCUT2D eigenvalue weighted by atomic mass is 19.1. The van der Waals surface area contributed by atoms with E-state index in [-0.39, 0.29) is 11.6 Å². The fourth-order valence-electron chi connectivity index (χ4n) is 3.60. The van der Waals surface area contributed by atoms with Gasteiger partial charge in [0.1, 0.15) is 38.5 Å². The number of carbonyl (C=O) groups excluding carboxylic acids is 1. The number of carbonyl (C=O) groups is 1. The first-order valence-electron chi connectivity index (χ1n) is 9.81. The number of quaternary nitrogens is 2. The Labute approximate surface area is 161 Å². The van der Waals surface area contributed by atoms with Gasteiger partial charge in [0.2, 0.25) is 0 Å². The lowest BCUT2D eigenvalue weighted by molar-refractivity contribution is -1.02. The lowest BCUT2D eigenvalue weighted by atomic mass is 10.0. The van der Waals surface area contributed by atoms with Gasteiger partial charge >= 0.3 is 0 Å². The summed E-state index contributed by atoms with van der Waals surface area (Å²) in [4.78, 5) is 15.0. The molecule has 1 heterocycles. The van der Waals surface area contributed by atoms with Crippen molar-refractivity contribution in [1.82, 2.24) is 0 Å². The molecule has 0 aliphatic carbocycles. The van der Waals surface area contributed by atoms with Crippen molar-refractivity contribution < 1.29 is 19.0 Å². The maximum Gasteiger partial charge on any atom is 0.279 e. The SMILES string of the molecule is CC(C)c1ccc(C[NH+]2CC[NH+](CC(=O)Nc3ccccc3F)CC2)cc1. The van der Waals surface area contributed by atoms with Crippen molar-refractivity contribution >= 4 is 11.6 Å². The monoisotopic (exact) mass is 371 g/mol. The normalized spacial score (nSPS) is 19.9. The van der Waals surface area contributed by atoms with Gasteiger partial charge in [0.25, 0.3) is 5.91 Å². The van der Waals surface area contributed by atoms with Gasteiger partial charge in [0, 0.05) is 5.56 Å². The smallest absolute Gasteiger partial charge is 0.279 e. The van der Waals surface area contributed by atoms with Crippen molar-refractivity contribution in [3.8, 4) is 0 Å². The van der Waals surface area contributed by atoms with Crippen LogP contribution in [0.25, 0.3) is 0 Å². The van der Waals surface area contributed by atoms with Crippen LogP contribution < -0.4 is 15.1 Å². The quantitative estimate of drug-likeness (QED) is 0.693. The average molecular weight is 372 g/mol. The number of nitrogens with one attached hydrogen (secondary N) is 3. The van der Waals surface area contributed by atoms with E-state index in [4.69, 9.17) is 0 Å². The van der Waals surface area contributed by atoms with Gasteiger partial charge in [0.15, 0.2) is 6.54 Å². The predicted molar refractivity (Wildman–Crippen MR) is 106 cm³/mol. The van der Waals surface area contributed by atoms with E-state index in [2.05, 4.69) is 43.4 Å². The standard InChI is InChI=1S/C22H28FN3O/c1-17(2)19-9-7-18(8-10-19)15-25-11-13-26(14-12-25)16-22(27)24-21-6-4-3-5-20(21)23/h3-10,17H,11-16H2,1-2H3,(H,24,27)/p+2. The molecule has 1 aliphatic rings. The zero-order chi connectivity index (χ0) is 19.2. The highest BCUT2D eigenvalue weighted by Gasteiger charge is 2.25. The second-order valence-electron chi connectivity index (χ2n) is 7.78. The van der Waals surface area contributed by atoms with E-state index in [1.54, 1.807) is 23.1 Å². The fraction of sp³-hybridized carbons (Fsp3) is 0.409. The lowest BCUT2D eigenvalue weighted by Crippen LogP contribution is -3.28. The van der Waals surface area contributed by atoms with Crippen molar-refractivity contribution in [1.29, 1.82) is 0 Å². The van der Waals surface area contributed by atoms with Crippen LogP contribution in [-0.4, -0.2) is 38.6 Å². The summed E-state index contributed by atoms with van der Waals surface area (Å²) >= 11 is 0. The minimum Gasteiger partial charge on any atom is -0.322 e. The van der Waals surface area contributed by atoms with Crippen LogP contribution in [0.5, 0.6) is 0 Å². The summed E-state index contributed by atoms with van der Waals surface area (Å²) in [6.07, 6.45) is 0. The highest BCUT2D eigenvalue weighted by Crippen LogP contribution is 2.14. The van der Waals surface area contributed by atoms with Gasteiger partial charge in [-0.3, -0.25) is 4.79 Å². The fourth-order valence-corrected chi connectivity index (χ4v) is 3.60. The Morgan fingerprint density at radius 1 is 1.00 bits per heavy atom. The molecule has 0 unspecified atom stereocenters. The van der Waals surface area contributed by atoms with Crippen LogP contribution in [0.4, 0.5) is 10.1 Å². The minimum atomic E-state index is -0.390. The van der Waals surface area contributed by atoms with Gasteiger partial charge in [0.05, 0.1) is 5.69 Å². The van der Waals surface area contributed by atoms with E-state index in [9.17, 15) is 9.18 Å². The van der Waals surface area contributed by atoms with Crippen LogP contribution in [0.1, 0.15) is 30.9 Å². The Balaban J connectivity index is 1.43. The van der Waals surface area contributed by atoms with Crippen molar-refractivity contribution in [3.63, 3.8) is 0 Å². The van der Waals surface area contributed by atoms with Crippen LogP contribution >= 0.6 is 0 Å². The summed E-state index contributed by atoms with van der Waals surface area (Å²) in [6.45, 7) is 9.88. The second-order valence-corrected chi connectivity index (χ2v) is 7.78. The molecule has 3 N–H and O–H groups in total. The number of hydrogen-bond acceptors (Lipinski definition) is 1. The maximum atomic E-state index is 13.6. The van der Waals surface area contributed by atoms with E-state index >= 15 is 0 Å². The minimum absolute atomic E-state index is 0.122. The molecule has 3 rings (SSSR count). The topological polar surface area (TPSA) is 38.0 Å². The van der Waals surface area contributed by atoms with Crippen molar-refractivity contribution in [3.05, 3.63) is 65.5 Å². The zero-order valence-electron chi connectivity index (χ0n) is 16.2. The van der Waals surface area contributed by atoms with E-state index in [1.165, 1.54) is 22.1 Å². The van der Waals surface area contributed by atoms with Crippen molar-refractivity contribution in [2.45, 2.75) is 26.3 Å². The third-order valence-corrected chi connectivity index (χ3v) is 5.32. The summed E-state index contributed by atoms with van der Waals surface area (Å²) in [5.74, 6) is 0.0514. The molecule has 1 saturated heterocycles. The Kier molecular flexibility index (Phi) is 6.58. The third-order valence-electron chi connectivity index (χ3n) is 5.32. The number of halogens is 1. The summed E-state index contributed by atoms with van der Waals surface area (Å²) in [5, 5.41) is 2.68. The molecule has 27 heavy (non-hydrogen) atoms. The van der Waals surface area contributed by atoms with Crippen LogP contribution in [0.15, 0.2) is 48.5 Å². The molecular formula is C22H30FN3O+2. The molecule has 4 nitrogen and oxygen atoms in total. The van der Waals surface area contributed by atoms with Gasteiger partial charge in [-0.1, -0.05) is 50.2 Å². The first kappa shape index (κ1) is 19.5. The predicted octanol–water partition coefficient (Wildman–Crippen LogP) is 0.871. The number of amides is 1. The lowest BCUT2D eigenvalue weighted by Gasteiger charge is -2.29. The van der Waals surface area contributed by atoms with E-state index in [1.807, 2.05) is 0 Å². The van der Waals surface area contributed by atoms with E-state index in [0.29, 0.717) is 12.5 Å². The second kappa shape index (κ2) is 9.11. The molecule has 0 bridgehead atoms. The number of benzene rings is 2. The summed E-state index contributed by atoms with van der Waals surface area (Å²) in [7, 11) is 0. The molecule has 0 radical (unpaired) electrons. The molecule has 1 aliphatic heterocycles. The number of rotatable bonds is 6. The van der Waals surface area contributed by atoms with Gasteiger partial charge in [-0.2, -0.15) is 0 Å². The molecule has 0 atom stereocenters. The maximum absolute atomic E-state index is 13.6. The van der Waals surface area contributed by atoms with Crippen LogP contribution in [0.2, 0.25) is 0 Å². The molecule has 2 aromatic carbocycles. The number of anilines is 1. The van der Waals surface area contributed by atoms with E-state index < -0.39 is 5.82 Å². The molecule has 0 saturated carbocycles. The first-order valence-corrected chi connectivity index (χ1v) is 9.81. The summed E-state index contributed by atoms with van der Waals surface area (Å²) in [6, 6.07) is 15.2. The summed E-state index contributed by atoms with van der Waals surface area (Å²) in [5.41, 5.74) is 3.01. The van der Waals surface area contributed by atoms with Gasteiger partial charge in [-0.05, 0) is 23.6 Å². The van der Waals surface area contributed by atoms with E-state index in [0.717, 1.165) is 32.7 Å². The Hall–Kier alpha value is -2.24. The molecule has 1 amide bonds. The largest absolute Gasteiger partial charge is 0.322 e. The molecule has 0 spiro atoms. The highest BCUT2D eigenvalue weighted by molar-refractivity contribution is 5.91. The number of piperazine rings is 1. The first-order chi connectivity index (χ1) is 13.0. The van der Waals surface area contributed by atoms with Crippen LogP contribution in [0.3, 0.4) is 0 Å². The van der Waals surface area contributed by atoms with Gasteiger partial charge in [-0.25, -0.2) is 4.39 Å². The molecule has 144 valence electrons. The Bertz CT molecular complexity index is 752. The van der Waals surface area contributed by atoms with Gasteiger partial charge < -0.3 is 15.1 Å². The molecule has 0 aromatic heterocycles. The average Bonchev–Trinajstić information content (AvgIpc) is 2.66. The Morgan fingerprint density at radius 3 is 2.26 bits per heavy atom. The van der Waals surface area contributed by atoms with Crippen molar-refractivity contribution in [2.24, 2.45) is 0 Å². The van der Waals surface area contributed by atoms with Crippen molar-refractivity contribution in [2.75, 3.05) is 38.0 Å². The molecule has 1 fully saturated rings. The summed E-state index contributed by atoms with van der Waals surface area (Å²) < 4.78 is 13.6. The van der Waals surface area contributed by atoms with Crippen LogP contribution in [-0.2, 0) is 11.3 Å². The molecule has 5 heteroatoms. The molecular weight excluding hydrogens is 341 g/mol. The van der Waals surface area contributed by atoms with Crippen LogP contribution in [0, 0.1) is 5.82 Å². The number of para-hydroxylation sites is 1. The number of hydrogen-bond donors (Lipinski definition) is 3. The third kappa shape index (κ3) is 5.62.